The SMILES string of the molecule is CN(C)c1cc(P(Br)c2cc(N(C)C)c3ccccc3c2)cc2ccccc12. The fourth-order valence-electron chi connectivity index (χ4n) is 3.67. The lowest BCUT2D eigenvalue weighted by Gasteiger charge is -2.22. The van der Waals surface area contributed by atoms with Crippen LogP contribution in [0.1, 0.15) is 0 Å². The molecule has 0 radical (unpaired) electrons. The molecule has 0 bridgehead atoms. The van der Waals surface area contributed by atoms with E-state index in [2.05, 4.69) is 126 Å². The van der Waals surface area contributed by atoms with E-state index in [-0.39, 0.29) is 0 Å². The van der Waals surface area contributed by atoms with Crippen LogP contribution in [-0.2, 0) is 0 Å². The Balaban J connectivity index is 1.89. The van der Waals surface area contributed by atoms with Crippen LogP contribution in [0.15, 0.2) is 72.8 Å². The quantitative estimate of drug-likeness (QED) is 0.358. The van der Waals surface area contributed by atoms with Gasteiger partial charge in [-0.05, 0) is 61.1 Å². The van der Waals surface area contributed by atoms with Crippen molar-refractivity contribution < 1.29 is 0 Å². The van der Waals surface area contributed by atoms with Gasteiger partial charge in [-0.3, -0.25) is 0 Å². The second-order valence-corrected chi connectivity index (χ2v) is 11.2. The number of nitrogens with zero attached hydrogens (tertiary/aromatic N) is 2. The van der Waals surface area contributed by atoms with Crippen molar-refractivity contribution in [2.24, 2.45) is 0 Å². The fraction of sp³-hybridized carbons (Fsp3) is 0.167. The highest BCUT2D eigenvalue weighted by atomic mass is 79.9. The maximum absolute atomic E-state index is 4.06. The maximum Gasteiger partial charge on any atom is 0.0447 e. The number of anilines is 2. The molecule has 0 saturated carbocycles. The summed E-state index contributed by atoms with van der Waals surface area (Å²) >= 11 is 4.06. The van der Waals surface area contributed by atoms with Crippen LogP contribution in [0.4, 0.5) is 11.4 Å². The van der Waals surface area contributed by atoms with Gasteiger partial charge in [0.25, 0.3) is 0 Å². The molecule has 0 aliphatic carbocycles. The van der Waals surface area contributed by atoms with Gasteiger partial charge in [-0.2, -0.15) is 0 Å². The lowest BCUT2D eigenvalue weighted by Crippen LogP contribution is -2.16. The number of fused-ring (bicyclic) bond motifs is 2. The highest BCUT2D eigenvalue weighted by molar-refractivity contribution is 9.40. The highest BCUT2D eigenvalue weighted by Gasteiger charge is 2.16. The molecule has 0 saturated heterocycles. The van der Waals surface area contributed by atoms with E-state index < -0.39 is 6.62 Å². The Morgan fingerprint density at radius 2 is 1.00 bits per heavy atom. The molecule has 0 N–H and O–H groups in total. The molecule has 0 aromatic heterocycles. The largest absolute Gasteiger partial charge is 0.377 e. The molecule has 4 aromatic rings. The molecule has 0 heterocycles. The second kappa shape index (κ2) is 7.73. The molecule has 4 aromatic carbocycles. The molecular formula is C24H24BrN2P. The van der Waals surface area contributed by atoms with Crippen molar-refractivity contribution in [1.82, 2.24) is 0 Å². The first-order valence-corrected chi connectivity index (χ1v) is 12.7. The van der Waals surface area contributed by atoms with E-state index in [1.165, 1.54) is 43.5 Å². The van der Waals surface area contributed by atoms with Gasteiger partial charge in [0.05, 0.1) is 0 Å². The molecule has 2 nitrogen and oxygen atoms in total. The number of halogens is 1. The third-order valence-corrected chi connectivity index (χ3v) is 8.95. The van der Waals surface area contributed by atoms with Gasteiger partial charge in [0.2, 0.25) is 0 Å². The zero-order valence-corrected chi connectivity index (χ0v) is 19.1. The number of hydrogen-bond donors (Lipinski definition) is 0. The summed E-state index contributed by atoms with van der Waals surface area (Å²) in [5.41, 5.74) is 2.52. The lowest BCUT2D eigenvalue weighted by atomic mass is 10.1. The Labute approximate surface area is 176 Å². The Bertz CT molecular complexity index is 1060. The van der Waals surface area contributed by atoms with E-state index >= 15 is 0 Å². The van der Waals surface area contributed by atoms with Crippen LogP contribution in [-0.4, -0.2) is 28.2 Å². The van der Waals surface area contributed by atoms with Crippen molar-refractivity contribution in [2.75, 3.05) is 38.0 Å². The predicted molar refractivity (Wildman–Crippen MR) is 132 cm³/mol. The van der Waals surface area contributed by atoms with Crippen LogP contribution in [0.5, 0.6) is 0 Å². The van der Waals surface area contributed by atoms with Crippen molar-refractivity contribution in [3.8, 4) is 0 Å². The standard InChI is InChI=1S/C24H24BrN2P/c1-26(2)23-15-19(13-17-9-5-7-11-21(17)23)28(25)20-14-18-10-6-8-12-22(18)24(16-20)27(3)4/h5-16H,1-4H3. The first-order chi connectivity index (χ1) is 13.5. The third kappa shape index (κ3) is 3.50. The lowest BCUT2D eigenvalue weighted by molar-refractivity contribution is 1.14. The summed E-state index contributed by atoms with van der Waals surface area (Å²) < 4.78 is 0. The molecular weight excluding hydrogens is 427 g/mol. The molecule has 142 valence electrons. The van der Waals surface area contributed by atoms with Crippen LogP contribution in [0.2, 0.25) is 0 Å². The molecule has 0 fully saturated rings. The summed E-state index contributed by atoms with van der Waals surface area (Å²) in [5.74, 6) is 0. The maximum atomic E-state index is 4.06. The normalized spacial score (nSPS) is 11.4. The van der Waals surface area contributed by atoms with E-state index in [0.29, 0.717) is 0 Å². The summed E-state index contributed by atoms with van der Waals surface area (Å²) in [6.45, 7) is -0.640. The average Bonchev–Trinajstić information content (AvgIpc) is 2.71. The Hall–Kier alpha value is -2.09. The van der Waals surface area contributed by atoms with Gasteiger partial charge in [-0.25, -0.2) is 0 Å². The van der Waals surface area contributed by atoms with E-state index in [1.807, 2.05) is 0 Å². The van der Waals surface area contributed by atoms with Crippen molar-refractivity contribution in [3.63, 3.8) is 0 Å². The first kappa shape index (κ1) is 19.2. The fourth-order valence-corrected chi connectivity index (χ4v) is 6.17. The van der Waals surface area contributed by atoms with Crippen molar-refractivity contribution in [2.45, 2.75) is 0 Å². The topological polar surface area (TPSA) is 6.48 Å². The Morgan fingerprint density at radius 3 is 1.39 bits per heavy atom. The zero-order chi connectivity index (χ0) is 19.8. The van der Waals surface area contributed by atoms with Gasteiger partial charge in [0.15, 0.2) is 0 Å². The molecule has 0 unspecified atom stereocenters. The van der Waals surface area contributed by atoms with Crippen LogP contribution < -0.4 is 20.4 Å². The van der Waals surface area contributed by atoms with Gasteiger partial charge in [0, 0.05) is 57.0 Å². The van der Waals surface area contributed by atoms with Crippen LogP contribution >= 0.6 is 22.1 Å². The number of hydrogen-bond acceptors (Lipinski definition) is 2. The molecule has 28 heavy (non-hydrogen) atoms. The molecule has 0 spiro atoms. The number of rotatable bonds is 4. The summed E-state index contributed by atoms with van der Waals surface area (Å²) in [6.07, 6.45) is 0. The highest BCUT2D eigenvalue weighted by Crippen LogP contribution is 2.45. The van der Waals surface area contributed by atoms with Gasteiger partial charge in [0.1, 0.15) is 0 Å². The van der Waals surface area contributed by atoms with Gasteiger partial charge in [-0.15, -0.1) is 0 Å². The minimum absolute atomic E-state index is 0.640. The second-order valence-electron chi connectivity index (χ2n) is 7.44. The van der Waals surface area contributed by atoms with Crippen molar-refractivity contribution >= 4 is 65.6 Å². The monoisotopic (exact) mass is 450 g/mol. The molecule has 0 aliphatic rings. The van der Waals surface area contributed by atoms with E-state index in [9.17, 15) is 0 Å². The Kier molecular flexibility index (Phi) is 5.31. The van der Waals surface area contributed by atoms with E-state index in [1.54, 1.807) is 0 Å². The van der Waals surface area contributed by atoms with Gasteiger partial charge in [-0.1, -0.05) is 48.5 Å². The molecule has 4 rings (SSSR count). The summed E-state index contributed by atoms with van der Waals surface area (Å²) in [4.78, 5) is 4.40. The van der Waals surface area contributed by atoms with Gasteiger partial charge < -0.3 is 9.80 Å². The van der Waals surface area contributed by atoms with Crippen molar-refractivity contribution in [1.29, 1.82) is 0 Å². The summed E-state index contributed by atoms with van der Waals surface area (Å²) in [7, 11) is 8.45. The minimum atomic E-state index is -0.640. The van der Waals surface area contributed by atoms with Crippen LogP contribution in [0.3, 0.4) is 0 Å². The minimum Gasteiger partial charge on any atom is -0.377 e. The third-order valence-electron chi connectivity index (χ3n) is 5.07. The number of benzene rings is 4. The first-order valence-electron chi connectivity index (χ1n) is 9.32. The molecule has 0 amide bonds. The molecule has 4 heteroatoms. The molecule has 0 atom stereocenters. The predicted octanol–water partition coefficient (Wildman–Crippen LogP) is 5.87. The van der Waals surface area contributed by atoms with E-state index in [4.69, 9.17) is 0 Å². The summed E-state index contributed by atoms with van der Waals surface area (Å²) in [5, 5.41) is 7.81. The Morgan fingerprint density at radius 1 is 0.607 bits per heavy atom. The van der Waals surface area contributed by atoms with Crippen LogP contribution in [0, 0.1) is 0 Å². The van der Waals surface area contributed by atoms with Crippen molar-refractivity contribution in [3.05, 3.63) is 72.8 Å². The van der Waals surface area contributed by atoms with Crippen LogP contribution in [0.25, 0.3) is 21.5 Å². The molecule has 0 aliphatic heterocycles. The average molecular weight is 451 g/mol. The summed E-state index contributed by atoms with van der Waals surface area (Å²) in [6, 6.07) is 26.6. The van der Waals surface area contributed by atoms with Gasteiger partial charge >= 0.3 is 0 Å². The van der Waals surface area contributed by atoms with E-state index in [0.717, 1.165) is 0 Å². The zero-order valence-electron chi connectivity index (χ0n) is 16.6. The smallest absolute Gasteiger partial charge is 0.0447 e.